The molecule has 3 nitrogen and oxygen atoms in total. The average Bonchev–Trinajstić information content (AvgIpc) is 3.03. The molecule has 0 saturated carbocycles. The van der Waals surface area contributed by atoms with Gasteiger partial charge >= 0.3 is 176 Å². The van der Waals surface area contributed by atoms with Gasteiger partial charge in [0, 0.05) is 0 Å². The fourth-order valence-electron chi connectivity index (χ4n) is 2.95. The molecule has 2 heterocycles. The van der Waals surface area contributed by atoms with E-state index in [1.54, 1.807) is 36.4 Å². The molecule has 0 amide bonds. The van der Waals surface area contributed by atoms with Crippen LogP contribution in [0.2, 0.25) is 10.0 Å². The number of carbonyl (C=O) groups excluding carboxylic acids is 1. The van der Waals surface area contributed by atoms with Crippen LogP contribution in [0.15, 0.2) is 53.9 Å². The molecule has 2 aromatic carbocycles. The van der Waals surface area contributed by atoms with Gasteiger partial charge in [0.1, 0.15) is 0 Å². The van der Waals surface area contributed by atoms with E-state index in [4.69, 9.17) is 27.9 Å². The van der Waals surface area contributed by atoms with E-state index in [2.05, 4.69) is 5.32 Å². The maximum atomic E-state index is 14.9. The Hall–Kier alpha value is -2.15. The van der Waals surface area contributed by atoms with Crippen LogP contribution in [0.1, 0.15) is 15.9 Å². The second kappa shape index (κ2) is 8.07. The molecular weight excluding hydrogens is 419 g/mol. The summed E-state index contributed by atoms with van der Waals surface area (Å²) in [4.78, 5) is 12.5. The first-order valence-electron chi connectivity index (χ1n) is 8.46. The summed E-state index contributed by atoms with van der Waals surface area (Å²) in [6.07, 6.45) is -1.33. The van der Waals surface area contributed by atoms with Gasteiger partial charge in [-0.25, -0.2) is 0 Å². The van der Waals surface area contributed by atoms with Crippen LogP contribution in [0.5, 0.6) is 0 Å². The Kier molecular flexibility index (Phi) is 5.53. The Bertz CT molecular complexity index is 1070. The van der Waals surface area contributed by atoms with E-state index in [-0.39, 0.29) is 12.0 Å². The fourth-order valence-corrected chi connectivity index (χ4v) is 4.27. The summed E-state index contributed by atoms with van der Waals surface area (Å²) in [7, 11) is 1.14. The molecule has 3 aromatic rings. The number of rotatable bonds is 4. The number of alkyl halides is 1. The summed E-state index contributed by atoms with van der Waals surface area (Å²) < 4.78 is 20.2. The van der Waals surface area contributed by atoms with Crippen molar-refractivity contribution in [2.75, 3.05) is 5.32 Å². The van der Waals surface area contributed by atoms with Gasteiger partial charge in [-0.15, -0.1) is 0 Å². The SMILES string of the molecule is O=C1OB=C(C(F)Cc2ccccc2Cl)Nc2scc(-c3ccc(Cl)cc3)c21. The molecule has 1 aliphatic heterocycles. The number of anilines is 1. The van der Waals surface area contributed by atoms with E-state index in [0.29, 0.717) is 31.7 Å². The predicted octanol–water partition coefficient (Wildman–Crippen LogP) is 5.63. The molecule has 4 rings (SSSR count). The number of halogens is 3. The quantitative estimate of drug-likeness (QED) is 0.543. The van der Waals surface area contributed by atoms with Gasteiger partial charge in [-0.2, -0.15) is 0 Å². The third-order valence-corrected chi connectivity index (χ3v) is 5.91. The van der Waals surface area contributed by atoms with Gasteiger partial charge in [-0.1, -0.05) is 0 Å². The van der Waals surface area contributed by atoms with Gasteiger partial charge in [0.05, 0.1) is 0 Å². The summed E-state index contributed by atoms with van der Waals surface area (Å²) in [5, 5.41) is 6.51. The molecule has 0 saturated heterocycles. The number of fused-ring (bicyclic) bond motifs is 1. The molecule has 1 N–H and O–H groups in total. The van der Waals surface area contributed by atoms with Crippen molar-refractivity contribution in [2.24, 2.45) is 0 Å². The van der Waals surface area contributed by atoms with Gasteiger partial charge < -0.3 is 0 Å². The molecule has 140 valence electrons. The Morgan fingerprint density at radius 3 is 2.64 bits per heavy atom. The molecular formula is C20H13BCl2FNO2S. The van der Waals surface area contributed by atoms with Crippen molar-refractivity contribution in [3.05, 3.63) is 75.1 Å². The Morgan fingerprint density at radius 1 is 1.14 bits per heavy atom. The standard InChI is InChI=1S/C20H13BCl2FNO2S/c22-13-7-5-11(6-8-13)14-10-28-19-17(14)20(26)27-21-18(25-19)16(24)9-12-3-1-2-4-15(12)23/h1-8,10,16,25H,9H2. The van der Waals surface area contributed by atoms with Gasteiger partial charge in [-0.3, -0.25) is 0 Å². The van der Waals surface area contributed by atoms with Crippen molar-refractivity contribution >= 4 is 58.2 Å². The van der Waals surface area contributed by atoms with Crippen molar-refractivity contribution in [1.29, 1.82) is 0 Å². The van der Waals surface area contributed by atoms with Crippen molar-refractivity contribution in [2.45, 2.75) is 12.6 Å². The van der Waals surface area contributed by atoms with Gasteiger partial charge in [-0.05, 0) is 0 Å². The average molecular weight is 432 g/mol. The molecule has 0 bridgehead atoms. The van der Waals surface area contributed by atoms with E-state index in [1.165, 1.54) is 11.3 Å². The maximum absolute atomic E-state index is 14.9. The van der Waals surface area contributed by atoms with Crippen LogP contribution in [0.25, 0.3) is 11.1 Å². The summed E-state index contributed by atoms with van der Waals surface area (Å²) >= 11 is 13.4. The Morgan fingerprint density at radius 2 is 1.89 bits per heavy atom. The number of hydrogen-bond acceptors (Lipinski definition) is 4. The first kappa shape index (κ1) is 19.2. The zero-order chi connectivity index (χ0) is 19.7. The number of hydrogen-bond donors (Lipinski definition) is 1. The third-order valence-electron chi connectivity index (χ3n) is 4.40. The minimum absolute atomic E-state index is 0.0702. The van der Waals surface area contributed by atoms with Gasteiger partial charge in [0.25, 0.3) is 0 Å². The number of thiophene rings is 1. The van der Waals surface area contributed by atoms with Crippen LogP contribution in [0.4, 0.5) is 9.39 Å². The third kappa shape index (κ3) is 3.85. The van der Waals surface area contributed by atoms with Crippen molar-refractivity contribution in [1.82, 2.24) is 0 Å². The summed E-state index contributed by atoms with van der Waals surface area (Å²) in [5.74, 6) is -0.534. The van der Waals surface area contributed by atoms with E-state index in [0.717, 1.165) is 12.7 Å². The summed E-state index contributed by atoms with van der Waals surface area (Å²) in [5.41, 5.74) is 2.78. The molecule has 0 radical (unpaired) electrons. The molecule has 1 aliphatic rings. The van der Waals surface area contributed by atoms with E-state index >= 15 is 0 Å². The van der Waals surface area contributed by atoms with Gasteiger partial charge in [0.15, 0.2) is 0 Å². The Labute approximate surface area is 176 Å². The first-order valence-corrected chi connectivity index (χ1v) is 10.1. The van der Waals surface area contributed by atoms with Crippen LogP contribution in [0, 0.1) is 0 Å². The van der Waals surface area contributed by atoms with E-state index in [1.807, 2.05) is 17.5 Å². The molecule has 28 heavy (non-hydrogen) atoms. The zero-order valence-corrected chi connectivity index (χ0v) is 16.7. The second-order valence-electron chi connectivity index (χ2n) is 6.23. The number of nitrogens with one attached hydrogen (secondary N) is 1. The molecule has 1 atom stereocenters. The first-order chi connectivity index (χ1) is 13.5. The van der Waals surface area contributed by atoms with E-state index in [9.17, 15) is 9.18 Å². The summed E-state index contributed by atoms with van der Waals surface area (Å²) in [6, 6.07) is 14.2. The van der Waals surface area contributed by atoms with Crippen LogP contribution < -0.4 is 5.32 Å². The normalized spacial score (nSPS) is 14.1. The predicted molar refractivity (Wildman–Crippen MR) is 115 cm³/mol. The topological polar surface area (TPSA) is 38.3 Å². The van der Waals surface area contributed by atoms with Crippen molar-refractivity contribution < 1.29 is 13.8 Å². The Balaban J connectivity index is 1.61. The molecule has 0 aliphatic carbocycles. The monoisotopic (exact) mass is 431 g/mol. The second-order valence-corrected chi connectivity index (χ2v) is 7.95. The van der Waals surface area contributed by atoms with E-state index < -0.39 is 12.1 Å². The molecule has 1 unspecified atom stereocenters. The van der Waals surface area contributed by atoms with Crippen LogP contribution in [0.3, 0.4) is 0 Å². The van der Waals surface area contributed by atoms with Crippen LogP contribution >= 0.6 is 34.5 Å². The van der Waals surface area contributed by atoms with Crippen LogP contribution in [-0.2, 0) is 11.1 Å². The summed E-state index contributed by atoms with van der Waals surface area (Å²) in [6.45, 7) is 0. The molecule has 8 heteroatoms. The number of benzene rings is 2. The molecule has 0 fully saturated rings. The number of carbonyl (C=O) groups is 1. The fraction of sp³-hybridized carbons (Fsp3) is 0.100. The van der Waals surface area contributed by atoms with Crippen molar-refractivity contribution in [3.63, 3.8) is 0 Å². The van der Waals surface area contributed by atoms with Gasteiger partial charge in [0.2, 0.25) is 0 Å². The minimum atomic E-state index is -1.40. The van der Waals surface area contributed by atoms with Crippen molar-refractivity contribution in [3.8, 4) is 11.1 Å². The van der Waals surface area contributed by atoms with Crippen LogP contribution in [-0.4, -0.2) is 24.9 Å². The molecule has 0 spiro atoms. The zero-order valence-electron chi connectivity index (χ0n) is 14.4. The molecule has 1 aromatic heterocycles.